The lowest BCUT2D eigenvalue weighted by molar-refractivity contribution is 1.24. The summed E-state index contributed by atoms with van der Waals surface area (Å²) in [7, 11) is 0. The van der Waals surface area contributed by atoms with Crippen LogP contribution < -0.4 is 5.73 Å². The monoisotopic (exact) mass is 228 g/mol. The number of hydrogen-bond acceptors (Lipinski definition) is 5. The van der Waals surface area contributed by atoms with E-state index in [1.54, 1.807) is 17.5 Å². The van der Waals surface area contributed by atoms with Crippen molar-refractivity contribution in [3.05, 3.63) is 35.3 Å². The minimum absolute atomic E-state index is 0.300. The van der Waals surface area contributed by atoms with Crippen LogP contribution in [0.25, 0.3) is 22.2 Å². The molecule has 0 aliphatic rings. The number of thiazole rings is 1. The van der Waals surface area contributed by atoms with E-state index in [9.17, 15) is 0 Å². The Kier molecular flexibility index (Phi) is 2.04. The highest BCUT2D eigenvalue weighted by molar-refractivity contribution is 7.07. The van der Waals surface area contributed by atoms with Crippen LogP contribution in [0.2, 0.25) is 0 Å². The third kappa shape index (κ3) is 1.51. The first kappa shape index (κ1) is 9.23. The smallest absolute Gasteiger partial charge is 0.220 e. The molecule has 3 rings (SSSR count). The zero-order valence-electron chi connectivity index (χ0n) is 8.29. The van der Waals surface area contributed by atoms with Crippen molar-refractivity contribution in [3.8, 4) is 11.3 Å². The summed E-state index contributed by atoms with van der Waals surface area (Å²) in [4.78, 5) is 12.4. The van der Waals surface area contributed by atoms with E-state index in [1.165, 1.54) is 0 Å². The molecule has 0 fully saturated rings. The molecule has 2 N–H and O–H groups in total. The number of nitrogens with zero attached hydrogens (tertiary/aromatic N) is 3. The number of anilines is 1. The van der Waals surface area contributed by atoms with Gasteiger partial charge in [-0.3, -0.25) is 0 Å². The van der Waals surface area contributed by atoms with E-state index >= 15 is 0 Å². The molecule has 5 heteroatoms. The Morgan fingerprint density at radius 2 is 2.12 bits per heavy atom. The van der Waals surface area contributed by atoms with Crippen LogP contribution in [0.1, 0.15) is 0 Å². The second kappa shape index (κ2) is 3.53. The van der Waals surface area contributed by atoms with Crippen molar-refractivity contribution in [1.29, 1.82) is 0 Å². The van der Waals surface area contributed by atoms with Gasteiger partial charge in [0.25, 0.3) is 0 Å². The summed E-state index contributed by atoms with van der Waals surface area (Å²) in [6.07, 6.45) is 1.73. The van der Waals surface area contributed by atoms with Crippen LogP contribution in [0.3, 0.4) is 0 Å². The van der Waals surface area contributed by atoms with E-state index in [2.05, 4.69) is 15.0 Å². The first-order valence-electron chi connectivity index (χ1n) is 4.74. The topological polar surface area (TPSA) is 64.7 Å². The summed E-state index contributed by atoms with van der Waals surface area (Å²) in [5, 5.41) is 2.99. The number of nitrogens with two attached hydrogens (primary N) is 1. The van der Waals surface area contributed by atoms with Gasteiger partial charge in [-0.25, -0.2) is 15.0 Å². The normalized spacial score (nSPS) is 10.8. The summed E-state index contributed by atoms with van der Waals surface area (Å²) in [5.41, 5.74) is 10.2. The van der Waals surface area contributed by atoms with E-state index < -0.39 is 0 Å². The number of hydrogen-bond donors (Lipinski definition) is 1. The summed E-state index contributed by atoms with van der Waals surface area (Å²) >= 11 is 1.58. The Morgan fingerprint density at radius 3 is 2.94 bits per heavy atom. The summed E-state index contributed by atoms with van der Waals surface area (Å²) < 4.78 is 0. The third-order valence-corrected chi connectivity index (χ3v) is 2.91. The Bertz CT molecular complexity index is 634. The van der Waals surface area contributed by atoms with Crippen LogP contribution in [0.5, 0.6) is 0 Å². The van der Waals surface area contributed by atoms with Crippen LogP contribution in [-0.4, -0.2) is 15.0 Å². The molecule has 0 bridgehead atoms. The Balaban J connectivity index is 2.20. The summed E-state index contributed by atoms with van der Waals surface area (Å²) in [5.74, 6) is 0.300. The van der Waals surface area contributed by atoms with E-state index in [1.807, 2.05) is 29.1 Å². The van der Waals surface area contributed by atoms with Crippen molar-refractivity contribution in [2.24, 2.45) is 0 Å². The lowest BCUT2D eigenvalue weighted by Gasteiger charge is -2.00. The second-order valence-electron chi connectivity index (χ2n) is 3.38. The van der Waals surface area contributed by atoms with Crippen molar-refractivity contribution in [2.75, 3.05) is 5.73 Å². The molecular weight excluding hydrogens is 220 g/mol. The molecule has 4 nitrogen and oxygen atoms in total. The molecule has 0 atom stereocenters. The first-order chi connectivity index (χ1) is 7.83. The van der Waals surface area contributed by atoms with Gasteiger partial charge in [0.15, 0.2) is 0 Å². The number of aromatic nitrogens is 3. The highest BCUT2D eigenvalue weighted by atomic mass is 32.1. The molecule has 0 aliphatic carbocycles. The maximum atomic E-state index is 5.52. The number of fused-ring (bicyclic) bond motifs is 1. The van der Waals surface area contributed by atoms with Gasteiger partial charge in [0, 0.05) is 22.5 Å². The third-order valence-electron chi connectivity index (χ3n) is 2.33. The predicted octanol–water partition coefficient (Wildman–Crippen LogP) is 2.34. The van der Waals surface area contributed by atoms with Gasteiger partial charge in [-0.1, -0.05) is 6.07 Å². The first-order valence-corrected chi connectivity index (χ1v) is 5.68. The van der Waals surface area contributed by atoms with Crippen LogP contribution in [0, 0.1) is 0 Å². The maximum absolute atomic E-state index is 5.52. The number of nitrogen functional groups attached to an aromatic ring is 1. The molecule has 0 saturated carbocycles. The van der Waals surface area contributed by atoms with Crippen molar-refractivity contribution < 1.29 is 0 Å². The zero-order chi connectivity index (χ0) is 11.0. The van der Waals surface area contributed by atoms with E-state index in [0.29, 0.717) is 5.95 Å². The molecule has 0 amide bonds. The molecule has 1 aromatic carbocycles. The second-order valence-corrected chi connectivity index (χ2v) is 4.09. The molecule has 0 radical (unpaired) electrons. The van der Waals surface area contributed by atoms with Gasteiger partial charge >= 0.3 is 0 Å². The van der Waals surface area contributed by atoms with E-state index in [0.717, 1.165) is 22.2 Å². The zero-order valence-corrected chi connectivity index (χ0v) is 9.11. The van der Waals surface area contributed by atoms with Crippen molar-refractivity contribution >= 4 is 28.2 Å². The molecule has 2 aromatic heterocycles. The average Bonchev–Trinajstić information content (AvgIpc) is 2.82. The molecular formula is C11H8N4S. The molecule has 0 spiro atoms. The Hall–Kier alpha value is -2.01. The summed E-state index contributed by atoms with van der Waals surface area (Å²) in [6.45, 7) is 0. The standard InChI is InChI=1S/C11H8N4S/c12-11-13-4-8-3-7(1-2-9(8)15-11)10-5-16-6-14-10/h1-6H,(H2,12,13,15). The van der Waals surface area contributed by atoms with Gasteiger partial charge in [-0.2, -0.15) is 0 Å². The van der Waals surface area contributed by atoms with Gasteiger partial charge in [-0.05, 0) is 12.1 Å². The molecule has 0 aliphatic heterocycles. The minimum Gasteiger partial charge on any atom is -0.368 e. The molecule has 0 unspecified atom stereocenters. The van der Waals surface area contributed by atoms with Crippen molar-refractivity contribution in [2.45, 2.75) is 0 Å². The van der Waals surface area contributed by atoms with Gasteiger partial charge in [0.05, 0.1) is 16.7 Å². The minimum atomic E-state index is 0.300. The molecule has 2 heterocycles. The van der Waals surface area contributed by atoms with E-state index in [4.69, 9.17) is 5.73 Å². The molecule has 78 valence electrons. The van der Waals surface area contributed by atoms with Crippen LogP contribution in [-0.2, 0) is 0 Å². The Morgan fingerprint density at radius 1 is 1.19 bits per heavy atom. The highest BCUT2D eigenvalue weighted by Gasteiger charge is 2.02. The van der Waals surface area contributed by atoms with Gasteiger partial charge in [0.1, 0.15) is 0 Å². The molecule has 16 heavy (non-hydrogen) atoms. The van der Waals surface area contributed by atoms with Crippen LogP contribution in [0.15, 0.2) is 35.3 Å². The lowest BCUT2D eigenvalue weighted by Crippen LogP contribution is -1.93. The number of benzene rings is 1. The average molecular weight is 228 g/mol. The van der Waals surface area contributed by atoms with Crippen molar-refractivity contribution in [3.63, 3.8) is 0 Å². The fourth-order valence-corrected chi connectivity index (χ4v) is 2.12. The fourth-order valence-electron chi connectivity index (χ4n) is 1.56. The van der Waals surface area contributed by atoms with E-state index in [-0.39, 0.29) is 0 Å². The quantitative estimate of drug-likeness (QED) is 0.694. The number of rotatable bonds is 1. The highest BCUT2D eigenvalue weighted by Crippen LogP contribution is 2.23. The largest absolute Gasteiger partial charge is 0.368 e. The van der Waals surface area contributed by atoms with Gasteiger partial charge < -0.3 is 5.73 Å². The lowest BCUT2D eigenvalue weighted by atomic mass is 10.1. The van der Waals surface area contributed by atoms with Gasteiger partial charge in [0.2, 0.25) is 5.95 Å². The van der Waals surface area contributed by atoms with Gasteiger partial charge in [-0.15, -0.1) is 11.3 Å². The maximum Gasteiger partial charge on any atom is 0.220 e. The van der Waals surface area contributed by atoms with Crippen LogP contribution in [0.4, 0.5) is 5.95 Å². The van der Waals surface area contributed by atoms with Crippen LogP contribution >= 0.6 is 11.3 Å². The molecule has 0 saturated heterocycles. The molecule has 3 aromatic rings. The van der Waals surface area contributed by atoms with Crippen molar-refractivity contribution in [1.82, 2.24) is 15.0 Å². The predicted molar refractivity (Wildman–Crippen MR) is 65.1 cm³/mol. The Labute approximate surface area is 95.8 Å². The SMILES string of the molecule is Nc1ncc2cc(-c3cscn3)ccc2n1. The summed E-state index contributed by atoms with van der Waals surface area (Å²) in [6, 6.07) is 5.94. The fraction of sp³-hybridized carbons (Fsp3) is 0.